The van der Waals surface area contributed by atoms with Gasteiger partial charge in [-0.05, 0) is 48.9 Å². The van der Waals surface area contributed by atoms with Crippen molar-refractivity contribution in [1.82, 2.24) is 5.43 Å². The molecule has 0 bridgehead atoms. The fourth-order valence-electron chi connectivity index (χ4n) is 2.66. The van der Waals surface area contributed by atoms with E-state index in [4.69, 9.17) is 4.74 Å². The van der Waals surface area contributed by atoms with Gasteiger partial charge in [-0.1, -0.05) is 12.1 Å². The van der Waals surface area contributed by atoms with Gasteiger partial charge in [-0.3, -0.25) is 9.10 Å². The van der Waals surface area contributed by atoms with Crippen molar-refractivity contribution >= 4 is 33.5 Å². The van der Waals surface area contributed by atoms with Crippen LogP contribution < -0.4 is 19.4 Å². The minimum atomic E-state index is -3.70. The SMILES string of the molecule is COc1ccc(N([C@@H](C)C(=O)N/N=C\c2ccc(N(C)C)cc2)S(C)(=O)=O)cc1. The smallest absolute Gasteiger partial charge is 0.263 e. The minimum Gasteiger partial charge on any atom is -0.497 e. The average molecular weight is 419 g/mol. The first-order chi connectivity index (χ1) is 13.6. The molecule has 1 N–H and O–H groups in total. The summed E-state index contributed by atoms with van der Waals surface area (Å²) >= 11 is 0. The number of rotatable bonds is 8. The van der Waals surface area contributed by atoms with Gasteiger partial charge in [0.05, 0.1) is 25.3 Å². The number of amides is 1. The first-order valence-electron chi connectivity index (χ1n) is 8.87. The lowest BCUT2D eigenvalue weighted by molar-refractivity contribution is -0.121. The van der Waals surface area contributed by atoms with Crippen molar-refractivity contribution < 1.29 is 17.9 Å². The molecule has 2 rings (SSSR count). The van der Waals surface area contributed by atoms with Crippen LogP contribution in [0.15, 0.2) is 53.6 Å². The standard InChI is InChI=1S/C20H26N4O4S/c1-15(24(29(5,26)27)18-10-12-19(28-4)13-11-18)20(25)22-21-14-16-6-8-17(9-7-16)23(2)3/h6-15H,1-5H3,(H,22,25)/b21-14-/t15-/m0/s1. The highest BCUT2D eigenvalue weighted by atomic mass is 32.2. The topological polar surface area (TPSA) is 91.3 Å². The minimum absolute atomic E-state index is 0.360. The molecule has 8 nitrogen and oxygen atoms in total. The van der Waals surface area contributed by atoms with Crippen LogP contribution >= 0.6 is 0 Å². The van der Waals surface area contributed by atoms with Crippen molar-refractivity contribution in [2.24, 2.45) is 5.10 Å². The molecular weight excluding hydrogens is 392 g/mol. The first kappa shape index (κ1) is 22.2. The summed E-state index contributed by atoms with van der Waals surface area (Å²) < 4.78 is 30.7. The maximum absolute atomic E-state index is 12.5. The van der Waals surface area contributed by atoms with Gasteiger partial charge >= 0.3 is 0 Å². The Morgan fingerprint density at radius 2 is 1.62 bits per heavy atom. The quantitative estimate of drug-likeness (QED) is 0.523. The molecule has 29 heavy (non-hydrogen) atoms. The molecule has 2 aromatic rings. The summed E-state index contributed by atoms with van der Waals surface area (Å²) in [6.07, 6.45) is 2.55. The maximum atomic E-state index is 12.5. The summed E-state index contributed by atoms with van der Waals surface area (Å²) in [4.78, 5) is 14.5. The van der Waals surface area contributed by atoms with Crippen LogP contribution in [0, 0.1) is 0 Å². The monoisotopic (exact) mass is 418 g/mol. The third-order valence-electron chi connectivity index (χ3n) is 4.21. The van der Waals surface area contributed by atoms with Crippen LogP contribution in [0.5, 0.6) is 5.75 Å². The molecule has 0 aromatic heterocycles. The van der Waals surface area contributed by atoms with Crippen LogP contribution in [0.4, 0.5) is 11.4 Å². The van der Waals surface area contributed by atoms with Gasteiger partial charge in [0.2, 0.25) is 10.0 Å². The number of hydrogen-bond donors (Lipinski definition) is 1. The molecule has 0 saturated carbocycles. The number of carbonyl (C=O) groups excluding carboxylic acids is 1. The summed E-state index contributed by atoms with van der Waals surface area (Å²) in [5.74, 6) is 0.0385. The highest BCUT2D eigenvalue weighted by Gasteiger charge is 2.29. The van der Waals surface area contributed by atoms with E-state index in [0.717, 1.165) is 21.8 Å². The number of methoxy groups -OCH3 is 1. The van der Waals surface area contributed by atoms with Crippen LogP contribution in [-0.4, -0.2) is 54.0 Å². The molecule has 0 fully saturated rings. The number of nitrogens with zero attached hydrogens (tertiary/aromatic N) is 3. The zero-order valence-electron chi connectivity index (χ0n) is 17.2. The molecule has 0 radical (unpaired) electrons. The molecule has 0 aliphatic rings. The summed E-state index contributed by atoms with van der Waals surface area (Å²) in [5, 5.41) is 3.94. The molecule has 9 heteroatoms. The van der Waals surface area contributed by atoms with Crippen LogP contribution in [0.25, 0.3) is 0 Å². The van der Waals surface area contributed by atoms with Crippen LogP contribution in [0.1, 0.15) is 12.5 Å². The zero-order valence-corrected chi connectivity index (χ0v) is 18.0. The lowest BCUT2D eigenvalue weighted by Gasteiger charge is -2.27. The number of hydrazone groups is 1. The Morgan fingerprint density at radius 3 is 2.10 bits per heavy atom. The maximum Gasteiger partial charge on any atom is 0.263 e. The van der Waals surface area contributed by atoms with Gasteiger partial charge in [-0.2, -0.15) is 5.10 Å². The second-order valence-electron chi connectivity index (χ2n) is 6.65. The summed E-state index contributed by atoms with van der Waals surface area (Å²) in [7, 11) is 1.71. The van der Waals surface area contributed by atoms with E-state index in [9.17, 15) is 13.2 Å². The largest absolute Gasteiger partial charge is 0.497 e. The predicted molar refractivity (Wildman–Crippen MR) is 116 cm³/mol. The Labute approximate surface area is 171 Å². The number of ether oxygens (including phenoxy) is 1. The number of carbonyl (C=O) groups is 1. The second-order valence-corrected chi connectivity index (χ2v) is 8.51. The predicted octanol–water partition coefficient (Wildman–Crippen LogP) is 2.07. The van der Waals surface area contributed by atoms with Gasteiger partial charge in [0.25, 0.3) is 5.91 Å². The van der Waals surface area contributed by atoms with Crippen LogP contribution in [0.3, 0.4) is 0 Å². The summed E-state index contributed by atoms with van der Waals surface area (Å²) in [5.41, 5.74) is 4.61. The van der Waals surface area contributed by atoms with Gasteiger partial charge in [-0.15, -0.1) is 0 Å². The Hall–Kier alpha value is -3.07. The van der Waals surface area contributed by atoms with Crippen molar-refractivity contribution in [1.29, 1.82) is 0 Å². The Balaban J connectivity index is 2.12. The Morgan fingerprint density at radius 1 is 1.07 bits per heavy atom. The first-order valence-corrected chi connectivity index (χ1v) is 10.7. The van der Waals surface area contributed by atoms with E-state index in [2.05, 4.69) is 10.5 Å². The van der Waals surface area contributed by atoms with Gasteiger partial charge in [0.15, 0.2) is 0 Å². The molecule has 2 aromatic carbocycles. The van der Waals surface area contributed by atoms with E-state index in [1.807, 2.05) is 43.3 Å². The molecule has 0 spiro atoms. The highest BCUT2D eigenvalue weighted by molar-refractivity contribution is 7.92. The molecule has 0 saturated heterocycles. The Kier molecular flexibility index (Phi) is 7.22. The normalized spacial score (nSPS) is 12.4. The summed E-state index contributed by atoms with van der Waals surface area (Å²) in [6, 6.07) is 13.0. The van der Waals surface area contributed by atoms with Crippen LogP contribution in [0.2, 0.25) is 0 Å². The molecule has 0 aliphatic carbocycles. The van der Waals surface area contributed by atoms with Crippen LogP contribution in [-0.2, 0) is 14.8 Å². The third kappa shape index (κ3) is 5.95. The van der Waals surface area contributed by atoms with Crippen molar-refractivity contribution in [3.05, 3.63) is 54.1 Å². The van der Waals surface area contributed by atoms with Crippen molar-refractivity contribution in [3.63, 3.8) is 0 Å². The van der Waals surface area contributed by atoms with E-state index in [1.54, 1.807) is 24.3 Å². The Bertz CT molecular complexity index is 955. The van der Waals surface area contributed by atoms with E-state index in [-0.39, 0.29) is 0 Å². The fraction of sp³-hybridized carbons (Fsp3) is 0.300. The molecule has 1 amide bonds. The van der Waals surface area contributed by atoms with E-state index >= 15 is 0 Å². The molecule has 0 aliphatic heterocycles. The second kappa shape index (κ2) is 9.42. The van der Waals surface area contributed by atoms with Gasteiger partial charge in [-0.25, -0.2) is 13.8 Å². The van der Waals surface area contributed by atoms with Crippen molar-refractivity contribution in [2.75, 3.05) is 36.7 Å². The molecule has 0 unspecified atom stereocenters. The summed E-state index contributed by atoms with van der Waals surface area (Å²) in [6.45, 7) is 1.50. The average Bonchev–Trinajstić information content (AvgIpc) is 2.67. The highest BCUT2D eigenvalue weighted by Crippen LogP contribution is 2.23. The lowest BCUT2D eigenvalue weighted by atomic mass is 10.2. The number of sulfonamides is 1. The van der Waals surface area contributed by atoms with E-state index < -0.39 is 22.0 Å². The lowest BCUT2D eigenvalue weighted by Crippen LogP contribution is -2.46. The van der Waals surface area contributed by atoms with Gasteiger partial charge in [0.1, 0.15) is 11.8 Å². The van der Waals surface area contributed by atoms with Crippen molar-refractivity contribution in [2.45, 2.75) is 13.0 Å². The molecular formula is C20H26N4O4S. The number of hydrogen-bond acceptors (Lipinski definition) is 6. The third-order valence-corrected chi connectivity index (χ3v) is 5.45. The van der Waals surface area contributed by atoms with Gasteiger partial charge < -0.3 is 9.64 Å². The van der Waals surface area contributed by atoms with Crippen molar-refractivity contribution in [3.8, 4) is 5.75 Å². The van der Waals surface area contributed by atoms with E-state index in [1.165, 1.54) is 20.2 Å². The number of benzene rings is 2. The van der Waals surface area contributed by atoms with Gasteiger partial charge in [0, 0.05) is 19.8 Å². The molecule has 156 valence electrons. The molecule has 0 heterocycles. The fourth-order valence-corrected chi connectivity index (χ4v) is 3.84. The number of anilines is 2. The molecule has 1 atom stereocenters. The van der Waals surface area contributed by atoms with E-state index in [0.29, 0.717) is 11.4 Å². The number of nitrogens with one attached hydrogen (secondary N) is 1. The zero-order chi connectivity index (χ0) is 21.6.